The number of benzene rings is 6. The van der Waals surface area contributed by atoms with Crippen LogP contribution in [0, 0.1) is 27.7 Å². The van der Waals surface area contributed by atoms with Crippen LogP contribution in [0.4, 0.5) is 0 Å². The molecule has 3 aliphatic rings. The van der Waals surface area contributed by atoms with Gasteiger partial charge in [0.25, 0.3) is 0 Å². The third-order valence-corrected chi connectivity index (χ3v) is 17.7. The monoisotopic (exact) mass is 1060 g/mol. The van der Waals surface area contributed by atoms with Crippen molar-refractivity contribution in [2.24, 2.45) is 0 Å². The summed E-state index contributed by atoms with van der Waals surface area (Å²) in [5, 5.41) is 0. The van der Waals surface area contributed by atoms with Crippen LogP contribution in [0.3, 0.4) is 0 Å². The highest BCUT2D eigenvalue weighted by molar-refractivity contribution is 6.00. The lowest BCUT2D eigenvalue weighted by Crippen LogP contribution is -2.25. The summed E-state index contributed by atoms with van der Waals surface area (Å²) in [4.78, 5) is 19.1. The van der Waals surface area contributed by atoms with Crippen molar-refractivity contribution >= 4 is 46.4 Å². The second kappa shape index (κ2) is 23.6. The summed E-state index contributed by atoms with van der Waals surface area (Å²) in [5.74, 6) is 0. The molecular weight excluding hydrogens is 981 g/mol. The lowest BCUT2D eigenvalue weighted by atomic mass is 9.70. The van der Waals surface area contributed by atoms with Gasteiger partial charge in [-0.25, -0.2) is 9.97 Å². The van der Waals surface area contributed by atoms with Gasteiger partial charge in [-0.05, 0) is 151 Å². The maximum absolute atomic E-state index is 5.64. The molecule has 2 aliphatic heterocycles. The molecule has 4 heteroatoms. The van der Waals surface area contributed by atoms with Crippen molar-refractivity contribution in [2.75, 3.05) is 0 Å². The summed E-state index contributed by atoms with van der Waals surface area (Å²) in [6, 6.07) is 59.4. The summed E-state index contributed by atoms with van der Waals surface area (Å²) < 4.78 is 0. The molecule has 5 heterocycles. The summed E-state index contributed by atoms with van der Waals surface area (Å²) in [6.45, 7) is 13.4. The van der Waals surface area contributed by atoms with E-state index in [1.807, 2.05) is 0 Å². The molecule has 1 aliphatic carbocycles. The quantitative estimate of drug-likeness (QED) is 0.0793. The van der Waals surface area contributed by atoms with Gasteiger partial charge >= 0.3 is 0 Å². The van der Waals surface area contributed by atoms with E-state index in [1.54, 1.807) is 5.56 Å². The second-order valence-corrected chi connectivity index (χ2v) is 23.6. The van der Waals surface area contributed by atoms with E-state index in [4.69, 9.17) is 9.97 Å². The van der Waals surface area contributed by atoms with Crippen LogP contribution in [0.2, 0.25) is 0 Å². The van der Waals surface area contributed by atoms with E-state index in [2.05, 4.69) is 234 Å². The van der Waals surface area contributed by atoms with Crippen molar-refractivity contribution in [1.29, 1.82) is 0 Å². The Labute approximate surface area is 481 Å². The van der Waals surface area contributed by atoms with Crippen LogP contribution in [0.25, 0.3) is 113 Å². The van der Waals surface area contributed by atoms with Gasteiger partial charge in [-0.15, -0.1) is 0 Å². The molecule has 0 spiro atoms. The zero-order chi connectivity index (χ0) is 55.5. The van der Waals surface area contributed by atoms with Crippen LogP contribution in [-0.4, -0.2) is 19.9 Å². The number of aromatic nitrogens is 4. The predicted molar refractivity (Wildman–Crippen MR) is 347 cm³/mol. The molecule has 3 aromatic heterocycles. The molecule has 2 N–H and O–H groups in total. The summed E-state index contributed by atoms with van der Waals surface area (Å²) >= 11 is 0. The number of fused-ring (bicyclic) bond motifs is 11. The molecule has 0 radical (unpaired) electrons. The fourth-order valence-corrected chi connectivity index (χ4v) is 13.3. The van der Waals surface area contributed by atoms with Crippen LogP contribution >= 0.6 is 0 Å². The first-order valence-corrected chi connectivity index (χ1v) is 30.4. The molecule has 81 heavy (non-hydrogen) atoms. The maximum Gasteiger partial charge on any atom is 0.0737 e. The first kappa shape index (κ1) is 53.6. The van der Waals surface area contributed by atoms with E-state index >= 15 is 0 Å². The highest BCUT2D eigenvalue weighted by Gasteiger charge is 2.42. The van der Waals surface area contributed by atoms with Gasteiger partial charge in [-0.3, -0.25) is 0 Å². The molecule has 0 saturated heterocycles. The van der Waals surface area contributed by atoms with Gasteiger partial charge in [-0.1, -0.05) is 241 Å². The van der Waals surface area contributed by atoms with Gasteiger partial charge in [-0.2, -0.15) is 0 Å². The van der Waals surface area contributed by atoms with Crippen molar-refractivity contribution in [2.45, 2.75) is 137 Å². The second-order valence-electron chi connectivity index (χ2n) is 23.6. The number of aryl methyl sites for hydroxylation is 4. The SMILES string of the molecule is CCCCCCCCC1(CCCCCCCC)c2cc(C)ccc2-c2ccc(-c3ccc(-c4c5nc(c(-c6ccc(C)cc6)c6ccc([nH]6)c(-c6ccc(C)cc6)c6nc(c(-c7ccc(C)cc7)c7ccc4[nH]7)C=C6)C=C5)cc3)cc21. The highest BCUT2D eigenvalue weighted by atomic mass is 14.8. The van der Waals surface area contributed by atoms with Crippen molar-refractivity contribution < 1.29 is 0 Å². The van der Waals surface area contributed by atoms with Crippen molar-refractivity contribution in [3.05, 3.63) is 214 Å². The average molecular weight is 1060 g/mol. The Morgan fingerprint density at radius 2 is 0.617 bits per heavy atom. The fourth-order valence-electron chi connectivity index (χ4n) is 13.3. The predicted octanol–water partition coefficient (Wildman–Crippen LogP) is 22.0. The van der Waals surface area contributed by atoms with Crippen molar-refractivity contribution in [3.63, 3.8) is 0 Å². The summed E-state index contributed by atoms with van der Waals surface area (Å²) in [6.07, 6.45) is 26.9. The number of nitrogens with zero attached hydrogens (tertiary/aromatic N) is 2. The third kappa shape index (κ3) is 10.9. The summed E-state index contributed by atoms with van der Waals surface area (Å²) in [7, 11) is 0. The van der Waals surface area contributed by atoms with Gasteiger partial charge in [0, 0.05) is 49.7 Å². The molecular formula is C77H78N4. The number of unbranched alkanes of at least 4 members (excludes halogenated alkanes) is 10. The van der Waals surface area contributed by atoms with E-state index in [-0.39, 0.29) is 5.41 Å². The maximum atomic E-state index is 5.64. The Morgan fingerprint density at radius 1 is 0.309 bits per heavy atom. The molecule has 0 atom stereocenters. The fraction of sp³-hybridized carbons (Fsp3) is 0.273. The molecule has 4 nitrogen and oxygen atoms in total. The number of rotatable bonds is 19. The van der Waals surface area contributed by atoms with Gasteiger partial charge in [0.2, 0.25) is 0 Å². The van der Waals surface area contributed by atoms with Crippen LogP contribution < -0.4 is 0 Å². The van der Waals surface area contributed by atoms with Crippen LogP contribution in [0.1, 0.15) is 160 Å². The molecule has 8 bridgehead atoms. The number of H-pyrrole nitrogens is 2. The van der Waals surface area contributed by atoms with Crippen LogP contribution in [-0.2, 0) is 5.41 Å². The van der Waals surface area contributed by atoms with Crippen molar-refractivity contribution in [1.82, 2.24) is 19.9 Å². The molecule has 6 aromatic carbocycles. The third-order valence-electron chi connectivity index (χ3n) is 17.7. The number of nitrogens with one attached hydrogen (secondary N) is 2. The molecule has 12 rings (SSSR count). The Balaban J connectivity index is 1.03. The number of aromatic amines is 2. The average Bonchev–Trinajstić information content (AvgIpc) is 4.43. The van der Waals surface area contributed by atoms with Crippen molar-refractivity contribution in [3.8, 4) is 66.8 Å². The lowest BCUT2D eigenvalue weighted by molar-refractivity contribution is 0.398. The van der Waals surface area contributed by atoms with E-state index in [9.17, 15) is 0 Å². The molecule has 0 fully saturated rings. The minimum absolute atomic E-state index is 0.0138. The van der Waals surface area contributed by atoms with Gasteiger partial charge in [0.05, 0.1) is 22.8 Å². The Hall–Kier alpha value is -8.08. The summed E-state index contributed by atoms with van der Waals surface area (Å²) in [5.41, 5.74) is 29.8. The molecule has 0 saturated carbocycles. The zero-order valence-electron chi connectivity index (χ0n) is 48.6. The first-order chi connectivity index (χ1) is 39.7. The normalized spacial score (nSPS) is 13.0. The number of hydrogen-bond donors (Lipinski definition) is 2. The topological polar surface area (TPSA) is 57.4 Å². The van der Waals surface area contributed by atoms with Gasteiger partial charge < -0.3 is 9.97 Å². The minimum Gasteiger partial charge on any atom is -0.354 e. The Bertz CT molecular complexity index is 3910. The molecule has 406 valence electrons. The van der Waals surface area contributed by atoms with Gasteiger partial charge in [0.15, 0.2) is 0 Å². The first-order valence-electron chi connectivity index (χ1n) is 30.4. The van der Waals surface area contributed by atoms with E-state index < -0.39 is 0 Å². The van der Waals surface area contributed by atoms with Crippen LogP contribution in [0.15, 0.2) is 158 Å². The molecule has 0 amide bonds. The van der Waals surface area contributed by atoms with E-state index in [0.29, 0.717) is 0 Å². The largest absolute Gasteiger partial charge is 0.354 e. The highest BCUT2D eigenvalue weighted by Crippen LogP contribution is 2.55. The lowest BCUT2D eigenvalue weighted by Gasteiger charge is -2.33. The zero-order valence-corrected chi connectivity index (χ0v) is 48.6. The number of hydrogen-bond acceptors (Lipinski definition) is 2. The Morgan fingerprint density at radius 3 is 1.01 bits per heavy atom. The van der Waals surface area contributed by atoms with Crippen LogP contribution in [0.5, 0.6) is 0 Å². The Kier molecular flexibility index (Phi) is 15.6. The van der Waals surface area contributed by atoms with E-state index in [0.717, 1.165) is 89.4 Å². The smallest absolute Gasteiger partial charge is 0.0737 e. The van der Waals surface area contributed by atoms with E-state index in [1.165, 1.54) is 140 Å². The van der Waals surface area contributed by atoms with Gasteiger partial charge in [0.1, 0.15) is 0 Å². The molecule has 9 aromatic rings. The molecule has 0 unspecified atom stereocenters. The minimum atomic E-state index is 0.0138. The standard InChI is InChI=1S/C77H78N4/c1-7-9-11-13-15-17-47-77(48-18-16-14-12-10-8-2)63-49-54(6)25-37-61(63)62-38-36-60(50-64(62)77)55-32-34-59(35-33-55)76-71-45-43-69(80-71)74(57-28-21-52(4)22-29-57)67-41-39-65(78-67)73(56-26-19-51(3)20-27-56)66-40-42-68(79-66)75(70-44-46-72(76)81-70)58-30-23-53(5)24-31-58/h19-46,49-50,78,81H,7-18,47-48H2,1-6H3.